The van der Waals surface area contributed by atoms with E-state index < -0.39 is 6.17 Å². The maximum atomic E-state index is 13.5. The number of amides is 1. The van der Waals surface area contributed by atoms with Crippen LogP contribution in [0, 0.1) is 5.92 Å². The molecule has 1 aliphatic heterocycles. The van der Waals surface area contributed by atoms with E-state index in [1.54, 1.807) is 12.1 Å². The molecule has 1 amide bonds. The minimum atomic E-state index is -0.704. The first-order valence-corrected chi connectivity index (χ1v) is 13.0. The van der Waals surface area contributed by atoms with Crippen molar-refractivity contribution in [3.63, 3.8) is 0 Å². The highest BCUT2D eigenvalue weighted by Crippen LogP contribution is 2.28. The van der Waals surface area contributed by atoms with Crippen LogP contribution in [-0.2, 0) is 17.8 Å². The summed E-state index contributed by atoms with van der Waals surface area (Å²) < 4.78 is 5.92. The van der Waals surface area contributed by atoms with E-state index in [1.807, 2.05) is 54.6 Å². The molecule has 188 valence electrons. The highest BCUT2D eigenvalue weighted by atomic mass is 16.5. The smallest absolute Gasteiger partial charge is 0.253 e. The summed E-state index contributed by atoms with van der Waals surface area (Å²) in [6.45, 7) is 5.38. The van der Waals surface area contributed by atoms with Gasteiger partial charge in [0.2, 0.25) is 0 Å². The number of benzene rings is 3. The number of carbonyl (C=O) groups excluding carboxylic acids is 2. The lowest BCUT2D eigenvalue weighted by atomic mass is 10.0. The van der Waals surface area contributed by atoms with E-state index in [0.717, 1.165) is 43.5 Å². The molecule has 36 heavy (non-hydrogen) atoms. The van der Waals surface area contributed by atoms with Crippen LogP contribution in [0.5, 0.6) is 5.75 Å². The lowest BCUT2D eigenvalue weighted by Crippen LogP contribution is -2.53. The van der Waals surface area contributed by atoms with Gasteiger partial charge < -0.3 is 15.0 Å². The van der Waals surface area contributed by atoms with Crippen LogP contribution in [0.2, 0.25) is 0 Å². The van der Waals surface area contributed by atoms with Crippen molar-refractivity contribution in [2.45, 2.75) is 58.7 Å². The van der Waals surface area contributed by atoms with E-state index in [9.17, 15) is 9.59 Å². The Labute approximate surface area is 214 Å². The van der Waals surface area contributed by atoms with E-state index in [0.29, 0.717) is 30.3 Å². The number of fused-ring (bicyclic) bond motifs is 1. The number of aryl methyl sites for hydroxylation is 1. The number of rotatable bonds is 10. The Bertz CT molecular complexity index is 1160. The highest BCUT2D eigenvalue weighted by Gasteiger charge is 2.30. The average molecular weight is 485 g/mol. The van der Waals surface area contributed by atoms with Gasteiger partial charge in [-0.25, -0.2) is 0 Å². The lowest BCUT2D eigenvalue weighted by Gasteiger charge is -2.33. The summed E-state index contributed by atoms with van der Waals surface area (Å²) >= 11 is 0. The average Bonchev–Trinajstić information content (AvgIpc) is 3.12. The zero-order valence-electron chi connectivity index (χ0n) is 21.3. The third kappa shape index (κ3) is 6.75. The van der Waals surface area contributed by atoms with Crippen molar-refractivity contribution in [3.05, 3.63) is 95.6 Å². The summed E-state index contributed by atoms with van der Waals surface area (Å²) in [5.74, 6) is 0.810. The molecule has 1 N–H and O–H groups in total. The van der Waals surface area contributed by atoms with Crippen molar-refractivity contribution in [3.8, 4) is 5.75 Å². The molecule has 0 bridgehead atoms. The van der Waals surface area contributed by atoms with Gasteiger partial charge in [0.25, 0.3) is 5.91 Å². The Morgan fingerprint density at radius 1 is 0.944 bits per heavy atom. The molecule has 1 aliphatic rings. The maximum Gasteiger partial charge on any atom is 0.253 e. The highest BCUT2D eigenvalue weighted by molar-refractivity contribution is 5.99. The molecule has 5 heteroatoms. The molecule has 0 spiro atoms. The number of ether oxygens (including phenoxy) is 1. The molecule has 0 fully saturated rings. The van der Waals surface area contributed by atoms with Gasteiger partial charge in [-0.15, -0.1) is 0 Å². The maximum absolute atomic E-state index is 13.5. The third-order valence-corrected chi connectivity index (χ3v) is 6.59. The SMILES string of the molecule is CC(C)CCC(=O)C(NC(=O)c1cccc(OCc2ccccc2)c1)N1CCCCc2ccccc21. The van der Waals surface area contributed by atoms with Gasteiger partial charge in [0.1, 0.15) is 12.4 Å². The monoisotopic (exact) mass is 484 g/mol. The number of carbonyl (C=O) groups is 2. The van der Waals surface area contributed by atoms with Crippen LogP contribution in [0.1, 0.15) is 61.0 Å². The Kier molecular flexibility index (Phi) is 8.77. The fourth-order valence-corrected chi connectivity index (χ4v) is 4.56. The van der Waals surface area contributed by atoms with Crippen molar-refractivity contribution < 1.29 is 14.3 Å². The number of ketones is 1. The van der Waals surface area contributed by atoms with E-state index in [-0.39, 0.29) is 11.7 Å². The van der Waals surface area contributed by atoms with E-state index >= 15 is 0 Å². The number of nitrogens with zero attached hydrogens (tertiary/aromatic N) is 1. The first-order valence-electron chi connectivity index (χ1n) is 13.0. The molecule has 0 saturated carbocycles. The Morgan fingerprint density at radius 2 is 1.72 bits per heavy atom. The summed E-state index contributed by atoms with van der Waals surface area (Å²) in [7, 11) is 0. The first-order chi connectivity index (χ1) is 17.5. The van der Waals surface area contributed by atoms with Gasteiger partial charge in [-0.1, -0.05) is 68.4 Å². The molecule has 0 aliphatic carbocycles. The number of anilines is 1. The van der Waals surface area contributed by atoms with E-state index in [2.05, 4.69) is 36.2 Å². The Balaban J connectivity index is 1.54. The molecule has 3 aromatic carbocycles. The van der Waals surface area contributed by atoms with Crippen molar-refractivity contribution in [2.24, 2.45) is 5.92 Å². The van der Waals surface area contributed by atoms with Crippen LogP contribution in [0.15, 0.2) is 78.9 Å². The van der Waals surface area contributed by atoms with Crippen LogP contribution < -0.4 is 15.0 Å². The standard InChI is InChI=1S/C31H36N2O3/c1-23(2)18-19-29(34)30(33-20-9-8-14-25-13-6-7-17-28(25)33)32-31(35)26-15-10-16-27(21-26)36-22-24-11-4-3-5-12-24/h3-7,10-13,15-17,21,23,30H,8-9,14,18-20,22H2,1-2H3,(H,32,35). The molecule has 3 aromatic rings. The summed E-state index contributed by atoms with van der Waals surface area (Å²) in [6, 6.07) is 25.3. The van der Waals surface area contributed by atoms with Gasteiger partial charge in [-0.05, 0) is 67.0 Å². The minimum absolute atomic E-state index is 0.0465. The zero-order chi connectivity index (χ0) is 25.3. The van der Waals surface area contributed by atoms with Crippen molar-refractivity contribution >= 4 is 17.4 Å². The van der Waals surface area contributed by atoms with Crippen LogP contribution >= 0.6 is 0 Å². The number of para-hydroxylation sites is 1. The summed E-state index contributed by atoms with van der Waals surface area (Å²) in [5.41, 5.74) is 3.80. The predicted molar refractivity (Wildman–Crippen MR) is 144 cm³/mol. The van der Waals surface area contributed by atoms with Gasteiger partial charge in [0.05, 0.1) is 0 Å². The zero-order valence-corrected chi connectivity index (χ0v) is 21.3. The van der Waals surface area contributed by atoms with Crippen LogP contribution in [0.3, 0.4) is 0 Å². The Morgan fingerprint density at radius 3 is 2.53 bits per heavy atom. The van der Waals surface area contributed by atoms with Crippen LogP contribution in [-0.4, -0.2) is 24.4 Å². The third-order valence-electron chi connectivity index (χ3n) is 6.59. The largest absolute Gasteiger partial charge is 0.489 e. The fraction of sp³-hybridized carbons (Fsp3) is 0.355. The van der Waals surface area contributed by atoms with Gasteiger partial charge in [0, 0.05) is 24.2 Å². The first kappa shape index (κ1) is 25.5. The van der Waals surface area contributed by atoms with Crippen LogP contribution in [0.4, 0.5) is 5.69 Å². The second kappa shape index (κ2) is 12.4. The number of nitrogens with one attached hydrogen (secondary N) is 1. The summed E-state index contributed by atoms with van der Waals surface area (Å²) in [6.07, 6.45) is 3.54. The second-order valence-corrected chi connectivity index (χ2v) is 9.86. The molecule has 1 heterocycles. The molecule has 0 saturated heterocycles. The van der Waals surface area contributed by atoms with Crippen molar-refractivity contribution in [1.29, 1.82) is 0 Å². The second-order valence-electron chi connectivity index (χ2n) is 9.86. The number of Topliss-reactive ketones (excluding diaryl/α,β-unsaturated/α-hetero) is 1. The van der Waals surface area contributed by atoms with Crippen molar-refractivity contribution in [2.75, 3.05) is 11.4 Å². The van der Waals surface area contributed by atoms with Gasteiger partial charge in [0.15, 0.2) is 11.9 Å². The molecule has 5 nitrogen and oxygen atoms in total. The van der Waals surface area contributed by atoms with Gasteiger partial charge in [-0.2, -0.15) is 0 Å². The van der Waals surface area contributed by atoms with Gasteiger partial charge in [-0.3, -0.25) is 9.59 Å². The molecular weight excluding hydrogens is 448 g/mol. The topological polar surface area (TPSA) is 58.6 Å². The molecule has 4 rings (SSSR count). The number of hydrogen-bond donors (Lipinski definition) is 1. The molecule has 0 aromatic heterocycles. The molecular formula is C31H36N2O3. The fourth-order valence-electron chi connectivity index (χ4n) is 4.56. The Hall–Kier alpha value is -3.60. The van der Waals surface area contributed by atoms with E-state index in [1.165, 1.54) is 5.56 Å². The van der Waals surface area contributed by atoms with E-state index in [4.69, 9.17) is 4.74 Å². The summed E-state index contributed by atoms with van der Waals surface area (Å²) in [5, 5.41) is 3.08. The quantitative estimate of drug-likeness (QED) is 0.374. The van der Waals surface area contributed by atoms with Crippen molar-refractivity contribution in [1.82, 2.24) is 5.32 Å². The van der Waals surface area contributed by atoms with Gasteiger partial charge >= 0.3 is 0 Å². The minimum Gasteiger partial charge on any atom is -0.489 e. The summed E-state index contributed by atoms with van der Waals surface area (Å²) in [4.78, 5) is 29.0. The molecule has 1 unspecified atom stereocenters. The lowest BCUT2D eigenvalue weighted by molar-refractivity contribution is -0.121. The van der Waals surface area contributed by atoms with Crippen LogP contribution in [0.25, 0.3) is 0 Å². The normalized spacial score (nSPS) is 14.0. The number of hydrogen-bond acceptors (Lipinski definition) is 4. The molecule has 0 radical (unpaired) electrons. The molecule has 1 atom stereocenters. The predicted octanol–water partition coefficient (Wildman–Crippen LogP) is 6.17.